The molecule has 7 heteroatoms. The van der Waals surface area contributed by atoms with E-state index in [0.29, 0.717) is 17.2 Å². The lowest BCUT2D eigenvalue weighted by molar-refractivity contribution is -0.117. The van der Waals surface area contributed by atoms with Crippen LogP contribution in [0.1, 0.15) is 13.3 Å². The molecule has 0 heterocycles. The first-order valence-corrected chi connectivity index (χ1v) is 8.93. The van der Waals surface area contributed by atoms with Crippen molar-refractivity contribution in [2.45, 2.75) is 13.3 Å². The summed E-state index contributed by atoms with van der Waals surface area (Å²) >= 11 is 0. The summed E-state index contributed by atoms with van der Waals surface area (Å²) in [6.45, 7) is 1.72. The van der Waals surface area contributed by atoms with Gasteiger partial charge in [-0.15, -0.1) is 0 Å². The Morgan fingerprint density at radius 3 is 2.07 bits per heavy atom. The molecular weight excluding hydrogens is 358 g/mol. The summed E-state index contributed by atoms with van der Waals surface area (Å²) in [6.07, 6.45) is 0.170. The van der Waals surface area contributed by atoms with Crippen molar-refractivity contribution >= 4 is 28.9 Å². The van der Waals surface area contributed by atoms with Gasteiger partial charge in [0.05, 0.1) is 14.2 Å². The van der Waals surface area contributed by atoms with Crippen molar-refractivity contribution in [1.29, 1.82) is 0 Å². The number of carbonyl (C=O) groups is 2. The molecule has 0 saturated carbocycles. The van der Waals surface area contributed by atoms with E-state index in [1.54, 1.807) is 25.3 Å². The van der Waals surface area contributed by atoms with Crippen molar-refractivity contribution in [3.63, 3.8) is 0 Å². The zero-order valence-electron chi connectivity index (χ0n) is 17.0. The van der Waals surface area contributed by atoms with Gasteiger partial charge in [0.15, 0.2) is 11.5 Å². The maximum atomic E-state index is 12.3. The lowest BCUT2D eigenvalue weighted by atomic mass is 10.2. The van der Waals surface area contributed by atoms with Crippen LogP contribution in [0.4, 0.5) is 17.1 Å². The Morgan fingerprint density at radius 1 is 0.929 bits per heavy atom. The molecule has 0 spiro atoms. The minimum Gasteiger partial charge on any atom is -0.493 e. The highest BCUT2D eigenvalue weighted by atomic mass is 16.5. The van der Waals surface area contributed by atoms with Gasteiger partial charge in [0.1, 0.15) is 0 Å². The predicted molar refractivity (Wildman–Crippen MR) is 112 cm³/mol. The van der Waals surface area contributed by atoms with Crippen molar-refractivity contribution in [3.8, 4) is 11.5 Å². The van der Waals surface area contributed by atoms with Crippen molar-refractivity contribution in [2.75, 3.05) is 50.0 Å². The number of hydrogen-bond acceptors (Lipinski definition) is 5. The maximum absolute atomic E-state index is 12.3. The second-order valence-corrected chi connectivity index (χ2v) is 6.45. The van der Waals surface area contributed by atoms with Crippen molar-refractivity contribution < 1.29 is 19.1 Å². The highest BCUT2D eigenvalue weighted by Crippen LogP contribution is 2.31. The summed E-state index contributed by atoms with van der Waals surface area (Å²) in [5.41, 5.74) is 2.42. The van der Waals surface area contributed by atoms with Gasteiger partial charge in [-0.2, -0.15) is 0 Å². The van der Waals surface area contributed by atoms with Crippen LogP contribution < -0.4 is 24.6 Å². The van der Waals surface area contributed by atoms with Gasteiger partial charge < -0.3 is 24.6 Å². The molecule has 2 amide bonds. The van der Waals surface area contributed by atoms with Crippen molar-refractivity contribution in [1.82, 2.24) is 0 Å². The predicted octanol–water partition coefficient (Wildman–Crippen LogP) is 3.15. The van der Waals surface area contributed by atoms with Gasteiger partial charge in [0.25, 0.3) is 0 Å². The Hall–Kier alpha value is -3.22. The van der Waals surface area contributed by atoms with Crippen LogP contribution in [0.15, 0.2) is 42.5 Å². The average Bonchev–Trinajstić information content (AvgIpc) is 2.68. The van der Waals surface area contributed by atoms with E-state index in [1.807, 2.05) is 43.3 Å². The number of nitrogens with one attached hydrogen (secondary N) is 1. The number of nitrogens with zero attached hydrogens (tertiary/aromatic N) is 2. The van der Waals surface area contributed by atoms with E-state index < -0.39 is 0 Å². The molecule has 0 atom stereocenters. The quantitative estimate of drug-likeness (QED) is 0.756. The van der Waals surface area contributed by atoms with Crippen LogP contribution in [0.5, 0.6) is 11.5 Å². The number of amides is 2. The number of rotatable bonds is 8. The molecule has 0 aliphatic heterocycles. The minimum atomic E-state index is -0.163. The zero-order chi connectivity index (χ0) is 20.7. The molecule has 0 aromatic heterocycles. The van der Waals surface area contributed by atoms with Crippen LogP contribution >= 0.6 is 0 Å². The monoisotopic (exact) mass is 385 g/mol. The fraction of sp³-hybridized carbons (Fsp3) is 0.333. The molecule has 0 aliphatic rings. The van der Waals surface area contributed by atoms with Gasteiger partial charge in [-0.25, -0.2) is 0 Å². The summed E-state index contributed by atoms with van der Waals surface area (Å²) < 4.78 is 10.5. The molecule has 150 valence electrons. The third kappa shape index (κ3) is 5.39. The van der Waals surface area contributed by atoms with E-state index in [0.717, 1.165) is 11.4 Å². The highest BCUT2D eigenvalue weighted by Gasteiger charge is 2.16. The van der Waals surface area contributed by atoms with Gasteiger partial charge in [-0.3, -0.25) is 9.59 Å². The van der Waals surface area contributed by atoms with Crippen LogP contribution in [0, 0.1) is 0 Å². The van der Waals surface area contributed by atoms with Gasteiger partial charge in [0, 0.05) is 57.1 Å². The topological polar surface area (TPSA) is 71.1 Å². The first-order valence-electron chi connectivity index (χ1n) is 8.93. The Kier molecular flexibility index (Phi) is 7.26. The van der Waals surface area contributed by atoms with Crippen molar-refractivity contribution in [3.05, 3.63) is 42.5 Å². The van der Waals surface area contributed by atoms with E-state index >= 15 is 0 Å². The van der Waals surface area contributed by atoms with E-state index in [1.165, 1.54) is 18.9 Å². The first-order chi connectivity index (χ1) is 13.3. The van der Waals surface area contributed by atoms with E-state index in [4.69, 9.17) is 9.47 Å². The van der Waals surface area contributed by atoms with Crippen LogP contribution in [-0.2, 0) is 9.59 Å². The van der Waals surface area contributed by atoms with Gasteiger partial charge in [0.2, 0.25) is 11.8 Å². The molecule has 7 nitrogen and oxygen atoms in total. The Bertz CT molecular complexity index is 819. The highest BCUT2D eigenvalue weighted by molar-refractivity contribution is 5.95. The molecule has 2 aromatic carbocycles. The minimum absolute atomic E-state index is 0.157. The summed E-state index contributed by atoms with van der Waals surface area (Å²) in [5, 5.41) is 2.85. The SMILES string of the molecule is COc1ccc(N(CCC(=O)Nc2ccc(N(C)C)cc2)C(C)=O)cc1OC. The third-order valence-electron chi connectivity index (χ3n) is 4.29. The standard InChI is InChI=1S/C21H27N3O4/c1-15(25)24(18-10-11-19(27-4)20(14-18)28-5)13-12-21(26)22-16-6-8-17(9-7-16)23(2)3/h6-11,14H,12-13H2,1-5H3,(H,22,26). The van der Waals surface area contributed by atoms with Crippen LogP contribution in [0.25, 0.3) is 0 Å². The van der Waals surface area contributed by atoms with Crippen LogP contribution in [0.2, 0.25) is 0 Å². The zero-order valence-corrected chi connectivity index (χ0v) is 17.0. The van der Waals surface area contributed by atoms with Crippen molar-refractivity contribution in [2.24, 2.45) is 0 Å². The van der Waals surface area contributed by atoms with E-state index in [-0.39, 0.29) is 24.8 Å². The molecule has 0 saturated heterocycles. The molecule has 0 bridgehead atoms. The molecule has 0 radical (unpaired) electrons. The molecule has 0 unspecified atom stereocenters. The second-order valence-electron chi connectivity index (χ2n) is 6.45. The number of hydrogen-bond donors (Lipinski definition) is 1. The molecule has 2 rings (SSSR count). The first kappa shape index (κ1) is 21.1. The summed E-state index contributed by atoms with van der Waals surface area (Å²) in [6, 6.07) is 12.8. The number of benzene rings is 2. The molecule has 0 fully saturated rings. The largest absolute Gasteiger partial charge is 0.493 e. The van der Waals surface area contributed by atoms with Gasteiger partial charge in [-0.05, 0) is 36.4 Å². The normalized spacial score (nSPS) is 10.2. The smallest absolute Gasteiger partial charge is 0.226 e. The fourth-order valence-corrected chi connectivity index (χ4v) is 2.74. The molecule has 28 heavy (non-hydrogen) atoms. The number of ether oxygens (including phenoxy) is 2. The Balaban J connectivity index is 2.03. The Labute approximate surface area is 165 Å². The van der Waals surface area contributed by atoms with E-state index in [9.17, 15) is 9.59 Å². The molecular formula is C21H27N3O4. The van der Waals surface area contributed by atoms with Crippen LogP contribution in [0.3, 0.4) is 0 Å². The number of anilines is 3. The van der Waals surface area contributed by atoms with Gasteiger partial charge in [-0.1, -0.05) is 0 Å². The van der Waals surface area contributed by atoms with Gasteiger partial charge >= 0.3 is 0 Å². The summed E-state index contributed by atoms with van der Waals surface area (Å²) in [4.78, 5) is 27.9. The molecule has 1 N–H and O–H groups in total. The summed E-state index contributed by atoms with van der Waals surface area (Å²) in [5.74, 6) is 0.782. The summed E-state index contributed by atoms with van der Waals surface area (Å²) in [7, 11) is 7.00. The fourth-order valence-electron chi connectivity index (χ4n) is 2.74. The van der Waals surface area contributed by atoms with E-state index in [2.05, 4.69) is 5.32 Å². The number of methoxy groups -OCH3 is 2. The Morgan fingerprint density at radius 2 is 1.54 bits per heavy atom. The lowest BCUT2D eigenvalue weighted by Gasteiger charge is -2.22. The third-order valence-corrected chi connectivity index (χ3v) is 4.29. The molecule has 0 aliphatic carbocycles. The lowest BCUT2D eigenvalue weighted by Crippen LogP contribution is -2.32. The maximum Gasteiger partial charge on any atom is 0.226 e. The second kappa shape index (κ2) is 9.64. The number of carbonyl (C=O) groups excluding carboxylic acids is 2. The molecule has 2 aromatic rings. The average molecular weight is 385 g/mol. The van der Waals surface area contributed by atoms with Crippen LogP contribution in [-0.4, -0.2) is 46.7 Å².